The number of rotatable bonds is 6. The van der Waals surface area contributed by atoms with E-state index in [1.165, 1.54) is 17.1 Å². The number of H-pyrrole nitrogens is 1. The molecule has 0 aliphatic carbocycles. The highest BCUT2D eigenvalue weighted by Gasteiger charge is 2.55. The van der Waals surface area contributed by atoms with E-state index in [2.05, 4.69) is 25.0 Å². The number of fused-ring (bicyclic) bond motifs is 1. The molecule has 0 saturated heterocycles. The average molecular weight is 466 g/mol. The molecule has 4 heterocycles. The first-order chi connectivity index (χ1) is 15.0. The minimum atomic E-state index is -5.09. The smallest absolute Gasteiger partial charge is 0.376 e. The fourth-order valence-electron chi connectivity index (χ4n) is 3.22. The van der Waals surface area contributed by atoms with Crippen LogP contribution in [0.25, 0.3) is 28.1 Å². The Labute approximate surface area is 179 Å². The zero-order valence-corrected chi connectivity index (χ0v) is 17.4. The lowest BCUT2D eigenvalue weighted by Crippen LogP contribution is -2.43. The van der Waals surface area contributed by atoms with Crippen molar-refractivity contribution in [2.75, 3.05) is 12.0 Å². The van der Waals surface area contributed by atoms with Gasteiger partial charge in [0.1, 0.15) is 15.4 Å². The molecule has 1 unspecified atom stereocenters. The number of nitrogens with one attached hydrogen (secondary N) is 1. The Hall–Kier alpha value is -3.32. The van der Waals surface area contributed by atoms with Gasteiger partial charge in [-0.2, -0.15) is 18.3 Å². The fraction of sp³-hybridized carbons (Fsp3) is 0.263. The third kappa shape index (κ3) is 4.08. The molecule has 32 heavy (non-hydrogen) atoms. The van der Waals surface area contributed by atoms with Crippen LogP contribution in [0.2, 0.25) is 0 Å². The number of aromatic amines is 1. The summed E-state index contributed by atoms with van der Waals surface area (Å²) in [5.41, 5.74) is -1.23. The van der Waals surface area contributed by atoms with E-state index in [0.717, 1.165) is 24.1 Å². The van der Waals surface area contributed by atoms with E-state index in [0.29, 0.717) is 16.7 Å². The Morgan fingerprint density at radius 2 is 1.91 bits per heavy atom. The summed E-state index contributed by atoms with van der Waals surface area (Å²) in [6.45, 7) is 0. The van der Waals surface area contributed by atoms with Crippen LogP contribution in [-0.2, 0) is 15.4 Å². The lowest BCUT2D eigenvalue weighted by molar-refractivity contribution is -0.267. The number of pyridine rings is 2. The molecule has 0 amide bonds. The summed E-state index contributed by atoms with van der Waals surface area (Å²) in [7, 11) is -3.72. The first-order valence-electron chi connectivity index (χ1n) is 9.25. The van der Waals surface area contributed by atoms with Gasteiger partial charge in [0, 0.05) is 48.0 Å². The quantitative estimate of drug-likeness (QED) is 0.447. The van der Waals surface area contributed by atoms with Gasteiger partial charge in [0.05, 0.1) is 18.3 Å². The molecule has 0 radical (unpaired) electrons. The molecule has 0 bridgehead atoms. The van der Waals surface area contributed by atoms with Crippen LogP contribution in [0.4, 0.5) is 13.2 Å². The molecule has 1 atom stereocenters. The predicted octanol–water partition coefficient (Wildman–Crippen LogP) is 2.39. The largest absolute Gasteiger partial charge is 0.421 e. The summed E-state index contributed by atoms with van der Waals surface area (Å²) in [5.74, 6) is -0.624. The van der Waals surface area contributed by atoms with Crippen LogP contribution in [0, 0.1) is 0 Å². The van der Waals surface area contributed by atoms with Gasteiger partial charge >= 0.3 is 6.18 Å². The first kappa shape index (κ1) is 21.9. The van der Waals surface area contributed by atoms with E-state index in [1.54, 1.807) is 24.7 Å². The molecule has 13 heteroatoms. The van der Waals surface area contributed by atoms with E-state index in [1.807, 2.05) is 0 Å². The summed E-state index contributed by atoms with van der Waals surface area (Å²) in [6, 6.07) is 4.07. The van der Waals surface area contributed by atoms with Crippen LogP contribution < -0.4 is 0 Å². The molecule has 0 spiro atoms. The predicted molar refractivity (Wildman–Crippen MR) is 109 cm³/mol. The van der Waals surface area contributed by atoms with Crippen molar-refractivity contribution in [1.82, 2.24) is 29.7 Å². The van der Waals surface area contributed by atoms with Crippen molar-refractivity contribution in [3.63, 3.8) is 0 Å². The number of nitrogens with zero attached hydrogens (tertiary/aromatic N) is 5. The number of imidazole rings is 1. The second-order valence-electron chi connectivity index (χ2n) is 7.27. The topological polar surface area (TPSA) is 127 Å². The van der Waals surface area contributed by atoms with Crippen molar-refractivity contribution in [2.45, 2.75) is 18.2 Å². The average Bonchev–Trinajstić information content (AvgIpc) is 3.40. The van der Waals surface area contributed by atoms with Gasteiger partial charge < -0.3 is 10.1 Å². The van der Waals surface area contributed by atoms with Crippen molar-refractivity contribution in [1.29, 1.82) is 0 Å². The number of aromatic nitrogens is 6. The molecular formula is C19H17F3N6O3S. The van der Waals surface area contributed by atoms with E-state index >= 15 is 0 Å². The summed E-state index contributed by atoms with van der Waals surface area (Å²) >= 11 is 0. The maximum atomic E-state index is 13.6. The molecule has 0 aliphatic rings. The molecule has 2 N–H and O–H groups in total. The van der Waals surface area contributed by atoms with Crippen LogP contribution in [-0.4, -0.2) is 61.4 Å². The number of hydrogen-bond donors (Lipinski definition) is 2. The first-order valence-corrected chi connectivity index (χ1v) is 11.3. The van der Waals surface area contributed by atoms with Gasteiger partial charge in [-0.1, -0.05) is 6.07 Å². The second-order valence-corrected chi connectivity index (χ2v) is 9.53. The van der Waals surface area contributed by atoms with Gasteiger partial charge in [-0.15, -0.1) is 0 Å². The van der Waals surface area contributed by atoms with E-state index in [9.17, 15) is 26.7 Å². The number of aliphatic hydroxyl groups is 1. The molecule has 4 aromatic heterocycles. The minimum absolute atomic E-state index is 0.208. The molecule has 4 aromatic rings. The Balaban J connectivity index is 1.64. The van der Waals surface area contributed by atoms with Crippen LogP contribution in [0.15, 0.2) is 49.3 Å². The third-order valence-corrected chi connectivity index (χ3v) is 5.92. The van der Waals surface area contributed by atoms with Gasteiger partial charge in [-0.3, -0.25) is 0 Å². The Morgan fingerprint density at radius 1 is 1.12 bits per heavy atom. The van der Waals surface area contributed by atoms with Gasteiger partial charge in [-0.05, 0) is 12.1 Å². The molecule has 0 aromatic carbocycles. The molecule has 0 saturated carbocycles. The summed E-state index contributed by atoms with van der Waals surface area (Å²) in [6.07, 6.45) is 1.85. The van der Waals surface area contributed by atoms with Crippen LogP contribution in [0.1, 0.15) is 12.0 Å². The monoisotopic (exact) mass is 466 g/mol. The second kappa shape index (κ2) is 7.67. The van der Waals surface area contributed by atoms with E-state index in [-0.39, 0.29) is 5.82 Å². The van der Waals surface area contributed by atoms with E-state index in [4.69, 9.17) is 0 Å². The molecule has 168 valence electrons. The maximum Gasteiger partial charge on any atom is 0.421 e. The van der Waals surface area contributed by atoms with Crippen molar-refractivity contribution in [3.05, 3.63) is 54.9 Å². The fourth-order valence-corrected chi connectivity index (χ4v) is 3.88. The Kier molecular flexibility index (Phi) is 5.25. The van der Waals surface area contributed by atoms with Gasteiger partial charge in [0.2, 0.25) is 0 Å². The zero-order valence-electron chi connectivity index (χ0n) is 16.6. The molecular weight excluding hydrogens is 449 g/mol. The SMILES string of the molecule is CS(=O)(=O)CCC(O)(c1ccc(-n2cc(-c3ccnc4[nH]cnc34)cn2)nc1)C(F)(F)F. The zero-order chi connectivity index (χ0) is 23.1. The van der Waals surface area contributed by atoms with Crippen molar-refractivity contribution < 1.29 is 26.7 Å². The number of sulfone groups is 1. The van der Waals surface area contributed by atoms with Gasteiger partial charge in [-0.25, -0.2) is 28.1 Å². The highest BCUT2D eigenvalue weighted by molar-refractivity contribution is 7.90. The standard InChI is InChI=1S/C19H17F3N6O3S/c1-32(30,31)7-5-18(29,19(20,21)22)13-2-3-15(24-9-13)28-10-12(8-27-28)14-4-6-23-17-16(14)25-11-26-17/h2-4,6,8-11,29H,5,7H2,1H3,(H,23,25,26). The molecule has 4 rings (SSSR count). The molecule has 0 aliphatic heterocycles. The highest BCUT2D eigenvalue weighted by atomic mass is 32.2. The van der Waals surface area contributed by atoms with Crippen LogP contribution in [0.5, 0.6) is 0 Å². The molecule has 9 nitrogen and oxygen atoms in total. The number of halogens is 3. The van der Waals surface area contributed by atoms with Crippen LogP contribution in [0.3, 0.4) is 0 Å². The maximum absolute atomic E-state index is 13.6. The van der Waals surface area contributed by atoms with Crippen molar-refractivity contribution >= 4 is 21.0 Å². The summed E-state index contributed by atoms with van der Waals surface area (Å²) in [4.78, 5) is 15.3. The highest BCUT2D eigenvalue weighted by Crippen LogP contribution is 2.41. The summed E-state index contributed by atoms with van der Waals surface area (Å²) in [5, 5.41) is 14.5. The Morgan fingerprint density at radius 3 is 2.56 bits per heavy atom. The number of alkyl halides is 3. The normalized spacial score (nSPS) is 14.5. The van der Waals surface area contributed by atoms with Crippen LogP contribution >= 0.6 is 0 Å². The number of hydrogen-bond acceptors (Lipinski definition) is 7. The molecule has 0 fully saturated rings. The van der Waals surface area contributed by atoms with Gasteiger partial charge in [0.25, 0.3) is 0 Å². The van der Waals surface area contributed by atoms with Gasteiger partial charge in [0.15, 0.2) is 17.1 Å². The summed E-state index contributed by atoms with van der Waals surface area (Å²) < 4.78 is 64.8. The van der Waals surface area contributed by atoms with E-state index < -0.39 is 39.4 Å². The third-order valence-electron chi connectivity index (χ3n) is 4.98. The van der Waals surface area contributed by atoms with Crippen molar-refractivity contribution in [2.24, 2.45) is 0 Å². The Bertz CT molecular complexity index is 1360. The minimum Gasteiger partial charge on any atom is -0.376 e. The van der Waals surface area contributed by atoms with Crippen molar-refractivity contribution in [3.8, 4) is 16.9 Å². The lowest BCUT2D eigenvalue weighted by atomic mass is 9.92. The lowest BCUT2D eigenvalue weighted by Gasteiger charge is -2.30.